The second-order valence-corrected chi connectivity index (χ2v) is 6.38. The summed E-state index contributed by atoms with van der Waals surface area (Å²) in [5.41, 5.74) is 4.96. The first kappa shape index (κ1) is 16.5. The molecule has 0 fully saturated rings. The Morgan fingerprint density at radius 1 is 1.09 bits per heavy atom. The molecule has 0 unspecified atom stereocenters. The first-order valence-electron chi connectivity index (χ1n) is 7.64. The Balaban J connectivity index is 1.98. The minimum atomic E-state index is 0.546. The lowest BCUT2D eigenvalue weighted by Gasteiger charge is -2.22. The third-order valence-corrected chi connectivity index (χ3v) is 4.26. The third-order valence-electron chi connectivity index (χ3n) is 3.84. The SMILES string of the molecule is Cc1ccccc1CN(C)C(=S)Nc1ccc(C(C)C)cc1. The van der Waals surface area contributed by atoms with Crippen LogP contribution < -0.4 is 5.32 Å². The Bertz CT molecular complexity index is 632. The van der Waals surface area contributed by atoms with Crippen LogP contribution in [0.4, 0.5) is 5.69 Å². The fraction of sp³-hybridized carbons (Fsp3) is 0.316. The minimum Gasteiger partial charge on any atom is -0.348 e. The van der Waals surface area contributed by atoms with Crippen LogP contribution in [-0.4, -0.2) is 17.1 Å². The van der Waals surface area contributed by atoms with Gasteiger partial charge < -0.3 is 10.2 Å². The highest BCUT2D eigenvalue weighted by Crippen LogP contribution is 2.18. The van der Waals surface area contributed by atoms with Crippen LogP contribution in [0.25, 0.3) is 0 Å². The summed E-state index contributed by atoms with van der Waals surface area (Å²) in [6.07, 6.45) is 0. The Labute approximate surface area is 139 Å². The van der Waals surface area contributed by atoms with E-state index in [2.05, 4.69) is 79.5 Å². The van der Waals surface area contributed by atoms with Gasteiger partial charge in [0.1, 0.15) is 0 Å². The number of thiocarbonyl (C=S) groups is 1. The van der Waals surface area contributed by atoms with E-state index in [4.69, 9.17) is 12.2 Å². The average Bonchev–Trinajstić information content (AvgIpc) is 2.50. The molecule has 2 aromatic carbocycles. The lowest BCUT2D eigenvalue weighted by molar-refractivity contribution is 0.507. The Morgan fingerprint density at radius 3 is 2.32 bits per heavy atom. The van der Waals surface area contributed by atoms with Crippen LogP contribution in [0.3, 0.4) is 0 Å². The molecule has 3 heteroatoms. The van der Waals surface area contributed by atoms with Crippen LogP contribution in [-0.2, 0) is 6.54 Å². The summed E-state index contributed by atoms with van der Waals surface area (Å²) in [7, 11) is 2.02. The van der Waals surface area contributed by atoms with Crippen molar-refractivity contribution in [2.75, 3.05) is 12.4 Å². The quantitative estimate of drug-likeness (QED) is 0.804. The van der Waals surface area contributed by atoms with Crippen molar-refractivity contribution in [1.29, 1.82) is 0 Å². The van der Waals surface area contributed by atoms with Crippen LogP contribution in [0.1, 0.15) is 36.5 Å². The summed E-state index contributed by atoms with van der Waals surface area (Å²) >= 11 is 5.50. The van der Waals surface area contributed by atoms with Gasteiger partial charge in [-0.05, 0) is 53.9 Å². The standard InChI is InChI=1S/C19H24N2S/c1-14(2)16-9-11-18(12-10-16)20-19(22)21(4)13-17-8-6-5-7-15(17)3/h5-12,14H,13H2,1-4H3,(H,20,22). The molecule has 0 aliphatic rings. The molecule has 0 bridgehead atoms. The predicted octanol–water partition coefficient (Wildman–Crippen LogP) is 4.95. The first-order chi connectivity index (χ1) is 10.5. The Morgan fingerprint density at radius 2 is 1.73 bits per heavy atom. The number of hydrogen-bond donors (Lipinski definition) is 1. The van der Waals surface area contributed by atoms with E-state index in [-0.39, 0.29) is 0 Å². The average molecular weight is 312 g/mol. The number of aryl methyl sites for hydroxylation is 1. The van der Waals surface area contributed by atoms with Crippen molar-refractivity contribution in [3.05, 3.63) is 65.2 Å². The molecule has 0 aromatic heterocycles. The molecule has 0 spiro atoms. The van der Waals surface area contributed by atoms with E-state index in [1.165, 1.54) is 16.7 Å². The maximum atomic E-state index is 5.50. The number of rotatable bonds is 4. The largest absolute Gasteiger partial charge is 0.348 e. The summed E-state index contributed by atoms with van der Waals surface area (Å²) in [5, 5.41) is 4.04. The maximum Gasteiger partial charge on any atom is 0.173 e. The Kier molecular flexibility index (Phi) is 5.56. The summed E-state index contributed by atoms with van der Waals surface area (Å²) < 4.78 is 0. The molecule has 2 nitrogen and oxygen atoms in total. The van der Waals surface area contributed by atoms with Gasteiger partial charge in [-0.3, -0.25) is 0 Å². The zero-order chi connectivity index (χ0) is 16.1. The second kappa shape index (κ2) is 7.41. The van der Waals surface area contributed by atoms with Crippen LogP contribution in [0.2, 0.25) is 0 Å². The maximum absolute atomic E-state index is 5.50. The minimum absolute atomic E-state index is 0.546. The molecule has 0 atom stereocenters. The lowest BCUT2D eigenvalue weighted by atomic mass is 10.0. The predicted molar refractivity (Wildman–Crippen MR) is 99.4 cm³/mol. The smallest absolute Gasteiger partial charge is 0.173 e. The van der Waals surface area contributed by atoms with Gasteiger partial charge in [0.2, 0.25) is 0 Å². The molecular formula is C19H24N2S. The van der Waals surface area contributed by atoms with Crippen LogP contribution >= 0.6 is 12.2 Å². The highest BCUT2D eigenvalue weighted by molar-refractivity contribution is 7.80. The molecule has 2 rings (SSSR count). The van der Waals surface area contributed by atoms with Gasteiger partial charge in [-0.2, -0.15) is 0 Å². The second-order valence-electron chi connectivity index (χ2n) is 5.99. The van der Waals surface area contributed by atoms with Crippen molar-refractivity contribution in [2.24, 2.45) is 0 Å². The number of nitrogens with one attached hydrogen (secondary N) is 1. The van der Waals surface area contributed by atoms with Crippen LogP contribution in [0, 0.1) is 6.92 Å². The monoisotopic (exact) mass is 312 g/mol. The van der Waals surface area contributed by atoms with Crippen molar-refractivity contribution >= 4 is 23.0 Å². The number of benzene rings is 2. The van der Waals surface area contributed by atoms with Gasteiger partial charge in [0.15, 0.2) is 5.11 Å². The van der Waals surface area contributed by atoms with Gasteiger partial charge in [0.05, 0.1) is 0 Å². The molecule has 0 heterocycles. The summed E-state index contributed by atoms with van der Waals surface area (Å²) in [6, 6.07) is 16.9. The molecule has 116 valence electrons. The van der Waals surface area contributed by atoms with Crippen LogP contribution in [0.15, 0.2) is 48.5 Å². The van der Waals surface area contributed by atoms with Crippen molar-refractivity contribution in [1.82, 2.24) is 4.90 Å². The van der Waals surface area contributed by atoms with E-state index in [1.807, 2.05) is 7.05 Å². The third kappa shape index (κ3) is 4.31. The normalized spacial score (nSPS) is 10.6. The van der Waals surface area contributed by atoms with Gasteiger partial charge in [-0.25, -0.2) is 0 Å². The van der Waals surface area contributed by atoms with Gasteiger partial charge in [-0.15, -0.1) is 0 Å². The molecule has 0 amide bonds. The number of nitrogens with zero attached hydrogens (tertiary/aromatic N) is 1. The van der Waals surface area contributed by atoms with Gasteiger partial charge >= 0.3 is 0 Å². The molecule has 2 aromatic rings. The van der Waals surface area contributed by atoms with E-state index in [9.17, 15) is 0 Å². The van der Waals surface area contributed by atoms with E-state index in [0.29, 0.717) is 5.92 Å². The molecule has 0 aliphatic heterocycles. The zero-order valence-corrected chi connectivity index (χ0v) is 14.6. The van der Waals surface area contributed by atoms with Gasteiger partial charge in [-0.1, -0.05) is 50.2 Å². The highest BCUT2D eigenvalue weighted by atomic mass is 32.1. The first-order valence-corrected chi connectivity index (χ1v) is 8.05. The van der Waals surface area contributed by atoms with Crippen molar-refractivity contribution < 1.29 is 0 Å². The van der Waals surface area contributed by atoms with E-state index in [0.717, 1.165) is 17.3 Å². The fourth-order valence-electron chi connectivity index (χ4n) is 2.29. The van der Waals surface area contributed by atoms with Crippen molar-refractivity contribution in [2.45, 2.75) is 33.2 Å². The summed E-state index contributed by atoms with van der Waals surface area (Å²) in [6.45, 7) is 7.33. The summed E-state index contributed by atoms with van der Waals surface area (Å²) in [4.78, 5) is 2.06. The molecule has 0 radical (unpaired) electrons. The van der Waals surface area contributed by atoms with Crippen molar-refractivity contribution in [3.63, 3.8) is 0 Å². The molecule has 0 aliphatic carbocycles. The van der Waals surface area contributed by atoms with E-state index in [1.54, 1.807) is 0 Å². The highest BCUT2D eigenvalue weighted by Gasteiger charge is 2.07. The fourth-order valence-corrected chi connectivity index (χ4v) is 2.47. The molecular weight excluding hydrogens is 288 g/mol. The molecule has 0 saturated carbocycles. The summed E-state index contributed by atoms with van der Waals surface area (Å²) in [5.74, 6) is 0.546. The zero-order valence-electron chi connectivity index (χ0n) is 13.8. The molecule has 1 N–H and O–H groups in total. The molecule has 0 saturated heterocycles. The Hall–Kier alpha value is -1.87. The van der Waals surface area contributed by atoms with Gasteiger partial charge in [0.25, 0.3) is 0 Å². The topological polar surface area (TPSA) is 15.3 Å². The number of anilines is 1. The van der Waals surface area contributed by atoms with E-state index >= 15 is 0 Å². The van der Waals surface area contributed by atoms with Crippen LogP contribution in [0.5, 0.6) is 0 Å². The van der Waals surface area contributed by atoms with E-state index < -0.39 is 0 Å². The molecule has 22 heavy (non-hydrogen) atoms. The lowest BCUT2D eigenvalue weighted by Crippen LogP contribution is -2.30. The van der Waals surface area contributed by atoms with Gasteiger partial charge in [0, 0.05) is 19.3 Å². The number of hydrogen-bond acceptors (Lipinski definition) is 1. The van der Waals surface area contributed by atoms with Crippen molar-refractivity contribution in [3.8, 4) is 0 Å².